The second kappa shape index (κ2) is 8.26. The Labute approximate surface area is 140 Å². The highest BCUT2D eigenvalue weighted by molar-refractivity contribution is 5.74. The highest BCUT2D eigenvalue weighted by Crippen LogP contribution is 2.26. The maximum absolute atomic E-state index is 10.9. The first-order chi connectivity index (χ1) is 11.5. The fourth-order valence-corrected chi connectivity index (χ4v) is 2.66. The predicted molar refractivity (Wildman–Crippen MR) is 91.8 cm³/mol. The van der Waals surface area contributed by atoms with Crippen molar-refractivity contribution in [2.45, 2.75) is 31.7 Å². The minimum atomic E-state index is -1.02. The predicted octanol–water partition coefficient (Wildman–Crippen LogP) is 2.72. The molecule has 2 aromatic carbocycles. The van der Waals surface area contributed by atoms with Crippen LogP contribution < -0.4 is 5.73 Å². The van der Waals surface area contributed by atoms with Crippen LogP contribution in [0.3, 0.4) is 0 Å². The maximum atomic E-state index is 10.9. The molecule has 0 aromatic heterocycles. The molecule has 2 rings (SSSR count). The molecule has 0 aliphatic heterocycles. The van der Waals surface area contributed by atoms with Crippen LogP contribution in [-0.2, 0) is 22.4 Å². The first kappa shape index (κ1) is 17.7. The van der Waals surface area contributed by atoms with Gasteiger partial charge in [0.25, 0.3) is 0 Å². The number of carbonyl (C=O) groups is 2. The van der Waals surface area contributed by atoms with Crippen LogP contribution in [-0.4, -0.2) is 28.2 Å². The van der Waals surface area contributed by atoms with E-state index in [4.69, 9.17) is 15.9 Å². The molecule has 0 fully saturated rings. The van der Waals surface area contributed by atoms with Crippen LogP contribution in [0.2, 0.25) is 0 Å². The van der Waals surface area contributed by atoms with Crippen LogP contribution in [0.5, 0.6) is 0 Å². The Kier molecular flexibility index (Phi) is 6.09. The summed E-state index contributed by atoms with van der Waals surface area (Å²) in [6, 6.07) is 14.6. The number of nitrogens with two attached hydrogens (primary N) is 1. The van der Waals surface area contributed by atoms with Gasteiger partial charge >= 0.3 is 11.9 Å². The number of hydrogen-bond donors (Lipinski definition) is 3. The summed E-state index contributed by atoms with van der Waals surface area (Å²) in [6.07, 6.45) is 1.67. The first-order valence-electron chi connectivity index (χ1n) is 7.85. The van der Waals surface area contributed by atoms with E-state index in [1.807, 2.05) is 48.5 Å². The zero-order valence-corrected chi connectivity index (χ0v) is 13.3. The number of carboxylic acid groups (broad SMARTS) is 2. The molecule has 0 amide bonds. The Morgan fingerprint density at radius 1 is 1.04 bits per heavy atom. The minimum Gasteiger partial charge on any atom is -0.481 e. The zero-order valence-electron chi connectivity index (χ0n) is 13.3. The minimum absolute atomic E-state index is 0.141. The molecule has 0 aliphatic carbocycles. The molecule has 1 atom stereocenters. The summed E-state index contributed by atoms with van der Waals surface area (Å²) in [5.41, 5.74) is 9.57. The molecule has 1 unspecified atom stereocenters. The molecule has 0 saturated carbocycles. The van der Waals surface area contributed by atoms with Crippen molar-refractivity contribution in [2.75, 3.05) is 0 Å². The van der Waals surface area contributed by atoms with E-state index in [9.17, 15) is 9.59 Å². The Bertz CT molecular complexity index is 727. The van der Waals surface area contributed by atoms with Crippen LogP contribution in [0.1, 0.15) is 24.0 Å². The molecular weight excluding hydrogens is 306 g/mol. The quantitative estimate of drug-likeness (QED) is 0.692. The largest absolute Gasteiger partial charge is 0.481 e. The molecule has 0 radical (unpaired) electrons. The normalized spacial score (nSPS) is 11.9. The van der Waals surface area contributed by atoms with Crippen LogP contribution in [0, 0.1) is 0 Å². The third-order valence-corrected chi connectivity index (χ3v) is 3.86. The van der Waals surface area contributed by atoms with Crippen LogP contribution in [0.4, 0.5) is 0 Å². The topological polar surface area (TPSA) is 101 Å². The van der Waals surface area contributed by atoms with Gasteiger partial charge in [-0.1, -0.05) is 48.5 Å². The molecule has 126 valence electrons. The average Bonchev–Trinajstić information content (AvgIpc) is 2.55. The number of hydrogen-bond acceptors (Lipinski definition) is 3. The molecule has 0 bridgehead atoms. The lowest BCUT2D eigenvalue weighted by Crippen LogP contribution is -2.32. The molecule has 24 heavy (non-hydrogen) atoms. The fraction of sp³-hybridized carbons (Fsp3) is 0.263. The van der Waals surface area contributed by atoms with E-state index in [0.29, 0.717) is 12.8 Å². The first-order valence-corrected chi connectivity index (χ1v) is 7.85. The summed E-state index contributed by atoms with van der Waals surface area (Å²) in [7, 11) is 0. The van der Waals surface area contributed by atoms with E-state index in [0.717, 1.165) is 22.3 Å². The lowest BCUT2D eigenvalue weighted by molar-refractivity contribution is -0.139. The monoisotopic (exact) mass is 327 g/mol. The van der Waals surface area contributed by atoms with Gasteiger partial charge in [0.1, 0.15) is 6.04 Å². The van der Waals surface area contributed by atoms with E-state index < -0.39 is 18.0 Å². The van der Waals surface area contributed by atoms with Gasteiger partial charge in [0.2, 0.25) is 0 Å². The van der Waals surface area contributed by atoms with Crippen LogP contribution in [0.25, 0.3) is 11.1 Å². The molecule has 0 saturated heterocycles. The standard InChI is InChI=1S/C19H21NO4/c20-17(19(23)24)12-13-5-3-8-15(11-13)16-9-2-1-6-14(16)7-4-10-18(21)22/h1-3,5-6,8-9,11,17H,4,7,10,12,20H2,(H,21,22)(H,23,24). The Morgan fingerprint density at radius 2 is 1.79 bits per heavy atom. The third kappa shape index (κ3) is 4.93. The summed E-state index contributed by atoms with van der Waals surface area (Å²) in [4.78, 5) is 21.6. The molecule has 4 N–H and O–H groups in total. The van der Waals surface area contributed by atoms with Gasteiger partial charge in [-0.25, -0.2) is 0 Å². The number of aryl methyl sites for hydroxylation is 1. The zero-order chi connectivity index (χ0) is 17.5. The summed E-state index contributed by atoms with van der Waals surface area (Å²) < 4.78 is 0. The van der Waals surface area contributed by atoms with Crippen LogP contribution in [0.15, 0.2) is 48.5 Å². The van der Waals surface area contributed by atoms with Crippen molar-refractivity contribution in [3.63, 3.8) is 0 Å². The molecule has 0 heterocycles. The summed E-state index contributed by atoms with van der Waals surface area (Å²) >= 11 is 0. The lowest BCUT2D eigenvalue weighted by atomic mass is 9.94. The van der Waals surface area contributed by atoms with Crippen molar-refractivity contribution in [1.29, 1.82) is 0 Å². The molecule has 0 spiro atoms. The van der Waals surface area contributed by atoms with Gasteiger partial charge in [-0.15, -0.1) is 0 Å². The van der Waals surface area contributed by atoms with E-state index in [1.54, 1.807) is 0 Å². The maximum Gasteiger partial charge on any atom is 0.320 e. The lowest BCUT2D eigenvalue weighted by Gasteiger charge is -2.12. The van der Waals surface area contributed by atoms with Crippen molar-refractivity contribution in [3.05, 3.63) is 59.7 Å². The number of benzene rings is 2. The van der Waals surface area contributed by atoms with E-state index in [2.05, 4.69) is 0 Å². The van der Waals surface area contributed by atoms with Gasteiger partial charge in [0.15, 0.2) is 0 Å². The number of rotatable bonds is 8. The van der Waals surface area contributed by atoms with Crippen molar-refractivity contribution in [3.8, 4) is 11.1 Å². The van der Waals surface area contributed by atoms with Crippen LogP contribution >= 0.6 is 0 Å². The molecular formula is C19H21NO4. The Balaban J connectivity index is 2.22. The molecule has 5 heteroatoms. The number of carboxylic acids is 2. The summed E-state index contributed by atoms with van der Waals surface area (Å²) in [5.74, 6) is -1.81. The van der Waals surface area contributed by atoms with Gasteiger partial charge in [-0.05, 0) is 41.5 Å². The molecule has 2 aromatic rings. The highest BCUT2D eigenvalue weighted by Gasteiger charge is 2.13. The van der Waals surface area contributed by atoms with Gasteiger partial charge in [0.05, 0.1) is 0 Å². The second-order valence-electron chi connectivity index (χ2n) is 5.75. The third-order valence-electron chi connectivity index (χ3n) is 3.86. The van der Waals surface area contributed by atoms with Gasteiger partial charge < -0.3 is 15.9 Å². The van der Waals surface area contributed by atoms with Crippen molar-refractivity contribution in [2.24, 2.45) is 5.73 Å². The Morgan fingerprint density at radius 3 is 2.50 bits per heavy atom. The summed E-state index contributed by atoms with van der Waals surface area (Å²) in [6.45, 7) is 0. The SMILES string of the molecule is NC(Cc1cccc(-c2ccccc2CCCC(=O)O)c1)C(=O)O. The van der Waals surface area contributed by atoms with Crippen molar-refractivity contribution >= 4 is 11.9 Å². The van der Waals surface area contributed by atoms with Crippen molar-refractivity contribution in [1.82, 2.24) is 0 Å². The van der Waals surface area contributed by atoms with Gasteiger partial charge in [0, 0.05) is 6.42 Å². The molecule has 0 aliphatic rings. The second-order valence-corrected chi connectivity index (χ2v) is 5.75. The van der Waals surface area contributed by atoms with E-state index in [1.165, 1.54) is 0 Å². The molecule has 5 nitrogen and oxygen atoms in total. The van der Waals surface area contributed by atoms with E-state index >= 15 is 0 Å². The highest BCUT2D eigenvalue weighted by atomic mass is 16.4. The summed E-state index contributed by atoms with van der Waals surface area (Å²) in [5, 5.41) is 17.7. The Hall–Kier alpha value is -2.66. The van der Waals surface area contributed by atoms with E-state index in [-0.39, 0.29) is 12.8 Å². The van der Waals surface area contributed by atoms with Gasteiger partial charge in [-0.3, -0.25) is 9.59 Å². The number of aliphatic carboxylic acids is 2. The average molecular weight is 327 g/mol. The van der Waals surface area contributed by atoms with Gasteiger partial charge in [-0.2, -0.15) is 0 Å². The van der Waals surface area contributed by atoms with Crippen molar-refractivity contribution < 1.29 is 19.8 Å². The fourth-order valence-electron chi connectivity index (χ4n) is 2.66. The smallest absolute Gasteiger partial charge is 0.320 e.